The van der Waals surface area contributed by atoms with Crippen LogP contribution in [0.15, 0.2) is 47.6 Å². The molecule has 3 atom stereocenters. The minimum atomic E-state index is -3.41. The molecule has 1 amide bonds. The highest BCUT2D eigenvalue weighted by molar-refractivity contribution is 7.92. The predicted molar refractivity (Wildman–Crippen MR) is 130 cm³/mol. The smallest absolute Gasteiger partial charge is 0.344 e. The Morgan fingerprint density at radius 3 is 2.32 bits per heavy atom. The molecule has 1 aromatic heterocycles. The quantitative estimate of drug-likeness (QED) is 0.362. The van der Waals surface area contributed by atoms with Gasteiger partial charge in [0.25, 0.3) is 5.91 Å². The number of nitrogens with one attached hydrogen (secondary N) is 1. The van der Waals surface area contributed by atoms with Gasteiger partial charge in [-0.1, -0.05) is 18.2 Å². The van der Waals surface area contributed by atoms with Gasteiger partial charge in [0.15, 0.2) is 22.3 Å². The molecule has 0 spiro atoms. The number of amides is 1. The van der Waals surface area contributed by atoms with Gasteiger partial charge in [0.1, 0.15) is 12.3 Å². The zero-order chi connectivity index (χ0) is 26.6. The molecule has 198 valence electrons. The normalized spacial score (nSPS) is 21.9. The highest BCUT2D eigenvalue weighted by Crippen LogP contribution is 2.36. The summed E-state index contributed by atoms with van der Waals surface area (Å²) in [7, 11) is -3.41. The Bertz CT molecular complexity index is 1250. The van der Waals surface area contributed by atoms with Crippen LogP contribution >= 0.6 is 0 Å². The number of carbonyl (C=O) groups is 2. The van der Waals surface area contributed by atoms with Crippen molar-refractivity contribution in [2.75, 3.05) is 18.5 Å². The summed E-state index contributed by atoms with van der Waals surface area (Å²) < 4.78 is 62.6. The summed E-state index contributed by atoms with van der Waals surface area (Å²) in [5.74, 6) is -1.56. The van der Waals surface area contributed by atoms with Gasteiger partial charge in [0.05, 0.1) is 29.1 Å². The molecule has 2 aliphatic carbocycles. The maximum Gasteiger partial charge on any atom is 0.344 e. The van der Waals surface area contributed by atoms with Crippen LogP contribution in [0.1, 0.15) is 38.2 Å². The van der Waals surface area contributed by atoms with Gasteiger partial charge < -0.3 is 14.8 Å². The van der Waals surface area contributed by atoms with Crippen LogP contribution in [0, 0.1) is 5.92 Å². The second-order valence-corrected chi connectivity index (χ2v) is 11.1. The number of aromatic nitrogens is 2. The molecule has 0 aliphatic heterocycles. The number of carbonyl (C=O) groups excluding carboxylic acids is 2. The molecule has 0 saturated heterocycles. The molecular weight excluding hydrogens is 508 g/mol. The van der Waals surface area contributed by atoms with Gasteiger partial charge in [0, 0.05) is 5.57 Å². The van der Waals surface area contributed by atoms with E-state index >= 15 is 0 Å². The van der Waals surface area contributed by atoms with Crippen LogP contribution in [-0.2, 0) is 24.2 Å². The van der Waals surface area contributed by atoms with Gasteiger partial charge in [-0.15, -0.1) is 0 Å². The fourth-order valence-corrected chi connectivity index (χ4v) is 5.67. The third-order valence-corrected chi connectivity index (χ3v) is 8.34. The van der Waals surface area contributed by atoms with E-state index in [1.54, 1.807) is 6.92 Å². The molecule has 2 aliphatic rings. The summed E-state index contributed by atoms with van der Waals surface area (Å²) in [4.78, 5) is 32.8. The first kappa shape index (κ1) is 26.6. The van der Waals surface area contributed by atoms with E-state index in [1.807, 2.05) is 0 Å². The number of anilines is 1. The summed E-state index contributed by atoms with van der Waals surface area (Å²) in [5, 5.41) is 2.21. The van der Waals surface area contributed by atoms with Crippen molar-refractivity contribution >= 4 is 33.1 Å². The summed E-state index contributed by atoms with van der Waals surface area (Å²) in [5.41, 5.74) is 0.526. The first-order valence-corrected chi connectivity index (χ1v) is 13.5. The van der Waals surface area contributed by atoms with Crippen LogP contribution in [0.2, 0.25) is 0 Å². The molecule has 0 unspecified atom stereocenters. The van der Waals surface area contributed by atoms with E-state index in [-0.39, 0.29) is 53.5 Å². The highest BCUT2D eigenvalue weighted by atomic mass is 32.2. The third-order valence-electron chi connectivity index (χ3n) is 6.07. The maximum atomic E-state index is 13.8. The van der Waals surface area contributed by atoms with E-state index in [0.29, 0.717) is 18.4 Å². The minimum absolute atomic E-state index is 0.0446. The largest absolute Gasteiger partial charge is 0.465 e. The molecule has 12 heteroatoms. The Labute approximate surface area is 213 Å². The van der Waals surface area contributed by atoms with Gasteiger partial charge in [-0.3, -0.25) is 4.79 Å². The SMILES string of the molecule is CCOC(=O)COc1cnc(NC(=O)/C(=C/[C@H]2C[C@@H](F)[C@@H](F)C2)c2ccc(S(=O)(=O)C3CC3)cc2)cn1. The van der Waals surface area contributed by atoms with Gasteiger partial charge in [-0.2, -0.15) is 0 Å². The molecule has 1 heterocycles. The lowest BCUT2D eigenvalue weighted by Gasteiger charge is -2.13. The number of benzene rings is 1. The second-order valence-electron chi connectivity index (χ2n) is 8.90. The van der Waals surface area contributed by atoms with Crippen LogP contribution in [0.3, 0.4) is 0 Å². The standard InChI is InChI=1S/C25H27F2N3O6S/c1-2-35-24(31)14-36-23-13-28-22(12-29-23)30-25(32)19(9-15-10-20(26)21(27)11-15)16-3-5-17(6-4-16)37(33,34)18-7-8-18/h3-6,9,12-13,15,18,20-21H,2,7-8,10-11,14H2,1H3,(H,28,30,32)/b19-9+/t15-,20+,21-. The van der Waals surface area contributed by atoms with Crippen LogP contribution in [0.4, 0.5) is 14.6 Å². The molecular formula is C25H27F2N3O6S. The first-order chi connectivity index (χ1) is 17.7. The molecule has 2 aromatic rings. The Morgan fingerprint density at radius 1 is 1.08 bits per heavy atom. The van der Waals surface area contributed by atoms with E-state index in [4.69, 9.17) is 9.47 Å². The first-order valence-electron chi connectivity index (χ1n) is 11.9. The summed E-state index contributed by atoms with van der Waals surface area (Å²) in [6.45, 7) is 1.54. The van der Waals surface area contributed by atoms with E-state index in [1.165, 1.54) is 42.7 Å². The fraction of sp³-hybridized carbons (Fsp3) is 0.440. The zero-order valence-corrected chi connectivity index (χ0v) is 20.9. The average Bonchev–Trinajstić information content (AvgIpc) is 3.69. The number of hydrogen-bond donors (Lipinski definition) is 1. The molecule has 9 nitrogen and oxygen atoms in total. The second kappa shape index (κ2) is 11.3. The van der Waals surface area contributed by atoms with Crippen LogP contribution < -0.4 is 10.1 Å². The number of hydrogen-bond acceptors (Lipinski definition) is 8. The van der Waals surface area contributed by atoms with Gasteiger partial charge in [-0.25, -0.2) is 32.0 Å². The number of sulfone groups is 1. The van der Waals surface area contributed by atoms with E-state index < -0.39 is 40.0 Å². The molecule has 2 fully saturated rings. The number of halogens is 2. The van der Waals surface area contributed by atoms with Crippen molar-refractivity contribution < 1.29 is 36.3 Å². The van der Waals surface area contributed by atoms with Crippen molar-refractivity contribution in [3.8, 4) is 5.88 Å². The number of ether oxygens (including phenoxy) is 2. The van der Waals surface area contributed by atoms with Crippen molar-refractivity contribution in [3.63, 3.8) is 0 Å². The lowest BCUT2D eigenvalue weighted by molar-refractivity contribution is -0.145. The Kier molecular flexibility index (Phi) is 8.16. The average molecular weight is 536 g/mol. The number of alkyl halides is 2. The van der Waals surface area contributed by atoms with Gasteiger partial charge in [-0.05, 0) is 56.2 Å². The van der Waals surface area contributed by atoms with Gasteiger partial charge >= 0.3 is 5.97 Å². The number of allylic oxidation sites excluding steroid dienone is 1. The maximum absolute atomic E-state index is 13.8. The summed E-state index contributed by atoms with van der Waals surface area (Å²) in [6, 6.07) is 5.88. The predicted octanol–water partition coefficient (Wildman–Crippen LogP) is 3.46. The van der Waals surface area contributed by atoms with Crippen LogP contribution in [-0.4, -0.2) is 61.1 Å². The summed E-state index contributed by atoms with van der Waals surface area (Å²) >= 11 is 0. The highest BCUT2D eigenvalue weighted by Gasteiger charge is 2.37. The van der Waals surface area contributed by atoms with Gasteiger partial charge in [0.2, 0.25) is 5.88 Å². The van der Waals surface area contributed by atoms with Crippen molar-refractivity contribution in [2.24, 2.45) is 5.92 Å². The lowest BCUT2D eigenvalue weighted by Crippen LogP contribution is -2.17. The zero-order valence-electron chi connectivity index (χ0n) is 20.1. The van der Waals surface area contributed by atoms with Crippen molar-refractivity contribution in [3.05, 3.63) is 48.3 Å². The molecule has 2 saturated carbocycles. The molecule has 37 heavy (non-hydrogen) atoms. The van der Waals surface area contributed by atoms with Crippen molar-refractivity contribution in [1.82, 2.24) is 9.97 Å². The van der Waals surface area contributed by atoms with Crippen molar-refractivity contribution in [1.29, 1.82) is 0 Å². The lowest BCUT2D eigenvalue weighted by atomic mass is 9.98. The van der Waals surface area contributed by atoms with E-state index in [0.717, 1.165) is 0 Å². The number of esters is 1. The van der Waals surface area contributed by atoms with E-state index in [9.17, 15) is 26.8 Å². The Morgan fingerprint density at radius 2 is 1.76 bits per heavy atom. The molecule has 1 N–H and O–H groups in total. The van der Waals surface area contributed by atoms with Crippen LogP contribution in [0.5, 0.6) is 5.88 Å². The Balaban J connectivity index is 1.51. The van der Waals surface area contributed by atoms with Crippen LogP contribution in [0.25, 0.3) is 5.57 Å². The molecule has 0 bridgehead atoms. The number of nitrogens with zero attached hydrogens (tertiary/aromatic N) is 2. The number of rotatable bonds is 10. The van der Waals surface area contributed by atoms with E-state index in [2.05, 4.69) is 15.3 Å². The molecule has 4 rings (SSSR count). The third kappa shape index (κ3) is 6.68. The van der Waals surface area contributed by atoms with Crippen molar-refractivity contribution in [2.45, 2.75) is 55.1 Å². The minimum Gasteiger partial charge on any atom is -0.465 e. The molecule has 0 radical (unpaired) electrons. The Hall–Kier alpha value is -3.41. The monoisotopic (exact) mass is 535 g/mol. The fourth-order valence-electron chi connectivity index (χ4n) is 4.01. The topological polar surface area (TPSA) is 125 Å². The molecule has 1 aromatic carbocycles. The summed E-state index contributed by atoms with van der Waals surface area (Å²) in [6.07, 6.45) is 1.88.